The van der Waals surface area contributed by atoms with Crippen LogP contribution in [0.25, 0.3) is 0 Å². The van der Waals surface area contributed by atoms with Crippen molar-refractivity contribution < 1.29 is 12.8 Å². The molecule has 1 unspecified atom stereocenters. The minimum absolute atomic E-state index is 0.157. The summed E-state index contributed by atoms with van der Waals surface area (Å²) in [5.74, 6) is 6.06. The lowest BCUT2D eigenvalue weighted by Gasteiger charge is -2.12. The standard InChI is InChI=1S/C15H16N2O3S/c1-12(15-8-4-10-20-15)17-21(18,19)14-7-2-5-13(11-14)6-3-9-16/h2,4-5,7-8,10-12,17H,9,16H2,1H3. The molecule has 3 N–H and O–H groups in total. The molecule has 0 spiro atoms. The lowest BCUT2D eigenvalue weighted by molar-refractivity contribution is 0.459. The molecule has 0 aliphatic heterocycles. The van der Waals surface area contributed by atoms with E-state index in [9.17, 15) is 8.42 Å². The Bertz CT molecular complexity index is 756. The van der Waals surface area contributed by atoms with Gasteiger partial charge in [0.15, 0.2) is 0 Å². The van der Waals surface area contributed by atoms with Crippen LogP contribution in [0, 0.1) is 11.8 Å². The van der Waals surface area contributed by atoms with E-state index >= 15 is 0 Å². The van der Waals surface area contributed by atoms with Crippen LogP contribution in [0.1, 0.15) is 24.3 Å². The van der Waals surface area contributed by atoms with Crippen molar-refractivity contribution in [2.75, 3.05) is 6.54 Å². The third kappa shape index (κ3) is 3.95. The topological polar surface area (TPSA) is 85.3 Å². The largest absolute Gasteiger partial charge is 0.468 e. The summed E-state index contributed by atoms with van der Waals surface area (Å²) in [5.41, 5.74) is 5.91. The van der Waals surface area contributed by atoms with Crippen LogP contribution in [0.5, 0.6) is 0 Å². The van der Waals surface area contributed by atoms with Crippen molar-refractivity contribution in [2.24, 2.45) is 5.73 Å². The number of benzene rings is 1. The van der Waals surface area contributed by atoms with E-state index < -0.39 is 16.1 Å². The first-order valence-electron chi connectivity index (χ1n) is 6.37. The van der Waals surface area contributed by atoms with Gasteiger partial charge in [-0.3, -0.25) is 0 Å². The average Bonchev–Trinajstić information content (AvgIpc) is 2.99. The summed E-state index contributed by atoms with van der Waals surface area (Å²) in [4.78, 5) is 0.157. The first kappa shape index (κ1) is 15.3. The summed E-state index contributed by atoms with van der Waals surface area (Å²) in [5, 5.41) is 0. The van der Waals surface area contributed by atoms with Crippen LogP contribution in [0.4, 0.5) is 0 Å². The molecule has 6 heteroatoms. The van der Waals surface area contributed by atoms with Gasteiger partial charge in [-0.25, -0.2) is 13.1 Å². The number of rotatable bonds is 4. The summed E-state index contributed by atoms with van der Waals surface area (Å²) < 4.78 is 32.4. The van der Waals surface area contributed by atoms with Gasteiger partial charge in [0, 0.05) is 5.56 Å². The molecule has 1 heterocycles. The Balaban J connectivity index is 2.23. The molecule has 0 aliphatic rings. The highest BCUT2D eigenvalue weighted by atomic mass is 32.2. The Kier molecular flexibility index (Phi) is 4.81. The number of sulfonamides is 1. The maximum Gasteiger partial charge on any atom is 0.241 e. The maximum absolute atomic E-state index is 12.3. The van der Waals surface area contributed by atoms with Crippen LogP contribution in [-0.4, -0.2) is 15.0 Å². The third-order valence-electron chi connectivity index (χ3n) is 2.78. The number of nitrogens with two attached hydrogens (primary N) is 1. The second kappa shape index (κ2) is 6.59. The van der Waals surface area contributed by atoms with E-state index in [1.54, 1.807) is 31.2 Å². The minimum atomic E-state index is -3.64. The monoisotopic (exact) mass is 304 g/mol. The Morgan fingerprint density at radius 3 is 2.81 bits per heavy atom. The van der Waals surface area contributed by atoms with Crippen LogP contribution in [0.3, 0.4) is 0 Å². The van der Waals surface area contributed by atoms with Crippen molar-refractivity contribution in [1.29, 1.82) is 0 Å². The Morgan fingerprint density at radius 1 is 1.33 bits per heavy atom. The van der Waals surface area contributed by atoms with Gasteiger partial charge in [-0.15, -0.1) is 0 Å². The van der Waals surface area contributed by atoms with Crippen molar-refractivity contribution in [3.63, 3.8) is 0 Å². The fourth-order valence-electron chi connectivity index (χ4n) is 1.79. The molecule has 2 rings (SSSR count). The van der Waals surface area contributed by atoms with E-state index in [-0.39, 0.29) is 11.4 Å². The van der Waals surface area contributed by atoms with Gasteiger partial charge in [-0.05, 0) is 37.3 Å². The second-order valence-corrected chi connectivity index (χ2v) is 6.11. The van der Waals surface area contributed by atoms with E-state index in [1.165, 1.54) is 18.4 Å². The Morgan fingerprint density at radius 2 is 2.14 bits per heavy atom. The van der Waals surface area contributed by atoms with Gasteiger partial charge in [0.2, 0.25) is 10.0 Å². The zero-order valence-corrected chi connectivity index (χ0v) is 12.4. The van der Waals surface area contributed by atoms with Crippen LogP contribution in [0.15, 0.2) is 52.0 Å². The predicted molar refractivity (Wildman–Crippen MR) is 79.8 cm³/mol. The zero-order valence-electron chi connectivity index (χ0n) is 11.5. The average molecular weight is 304 g/mol. The van der Waals surface area contributed by atoms with Gasteiger partial charge in [0.05, 0.1) is 23.7 Å². The molecular weight excluding hydrogens is 288 g/mol. The molecule has 0 aliphatic carbocycles. The summed E-state index contributed by atoms with van der Waals surface area (Å²) in [6, 6.07) is 9.39. The van der Waals surface area contributed by atoms with Crippen LogP contribution in [0.2, 0.25) is 0 Å². The van der Waals surface area contributed by atoms with E-state index in [4.69, 9.17) is 10.2 Å². The van der Waals surface area contributed by atoms with Crippen molar-refractivity contribution in [3.05, 3.63) is 54.0 Å². The number of nitrogens with one attached hydrogen (secondary N) is 1. The molecule has 5 nitrogen and oxygen atoms in total. The summed E-state index contributed by atoms with van der Waals surface area (Å²) in [6.07, 6.45) is 1.50. The van der Waals surface area contributed by atoms with Gasteiger partial charge >= 0.3 is 0 Å². The lowest BCUT2D eigenvalue weighted by atomic mass is 10.2. The van der Waals surface area contributed by atoms with Gasteiger partial charge in [-0.2, -0.15) is 0 Å². The normalized spacial score (nSPS) is 12.5. The highest BCUT2D eigenvalue weighted by Crippen LogP contribution is 2.17. The van der Waals surface area contributed by atoms with Crippen molar-refractivity contribution >= 4 is 10.0 Å². The highest BCUT2D eigenvalue weighted by Gasteiger charge is 2.19. The van der Waals surface area contributed by atoms with Crippen molar-refractivity contribution in [1.82, 2.24) is 4.72 Å². The molecule has 0 saturated carbocycles. The maximum atomic E-state index is 12.3. The number of hydrogen-bond acceptors (Lipinski definition) is 4. The number of hydrogen-bond donors (Lipinski definition) is 2. The van der Waals surface area contributed by atoms with Crippen LogP contribution < -0.4 is 10.5 Å². The predicted octanol–water partition coefficient (Wildman–Crippen LogP) is 1.63. The lowest BCUT2D eigenvalue weighted by Crippen LogP contribution is -2.26. The molecule has 2 aromatic rings. The molecule has 0 amide bonds. The van der Waals surface area contributed by atoms with Crippen molar-refractivity contribution in [3.8, 4) is 11.8 Å². The molecule has 1 aromatic carbocycles. The van der Waals surface area contributed by atoms with Gasteiger partial charge in [0.25, 0.3) is 0 Å². The molecule has 0 fully saturated rings. The molecule has 0 radical (unpaired) electrons. The summed E-state index contributed by atoms with van der Waals surface area (Å²) in [7, 11) is -3.64. The molecule has 0 bridgehead atoms. The molecule has 0 saturated heterocycles. The SMILES string of the molecule is CC(NS(=O)(=O)c1cccc(C#CCN)c1)c1ccco1. The number of furan rings is 1. The molecule has 1 atom stereocenters. The fourth-order valence-corrected chi connectivity index (χ4v) is 3.05. The third-order valence-corrected chi connectivity index (χ3v) is 4.32. The second-order valence-electron chi connectivity index (χ2n) is 4.39. The quantitative estimate of drug-likeness (QED) is 0.841. The molecule has 110 valence electrons. The molecule has 21 heavy (non-hydrogen) atoms. The Labute approximate surface area is 124 Å². The van der Waals surface area contributed by atoms with Crippen molar-refractivity contribution in [2.45, 2.75) is 17.9 Å². The smallest absolute Gasteiger partial charge is 0.241 e. The van der Waals surface area contributed by atoms with Crippen LogP contribution in [-0.2, 0) is 10.0 Å². The van der Waals surface area contributed by atoms with E-state index in [0.717, 1.165) is 0 Å². The molecular formula is C15H16N2O3S. The van der Waals surface area contributed by atoms with Gasteiger partial charge in [0.1, 0.15) is 5.76 Å². The van der Waals surface area contributed by atoms with Crippen LogP contribution >= 0.6 is 0 Å². The minimum Gasteiger partial charge on any atom is -0.468 e. The Hall–Kier alpha value is -2.07. The van der Waals surface area contributed by atoms with Gasteiger partial charge in [-0.1, -0.05) is 17.9 Å². The van der Waals surface area contributed by atoms with E-state index in [2.05, 4.69) is 16.6 Å². The van der Waals surface area contributed by atoms with Gasteiger partial charge < -0.3 is 10.2 Å². The summed E-state index contributed by atoms with van der Waals surface area (Å²) in [6.45, 7) is 1.94. The van der Waals surface area contributed by atoms with E-state index in [1.807, 2.05) is 0 Å². The van der Waals surface area contributed by atoms with E-state index in [0.29, 0.717) is 11.3 Å². The first-order valence-corrected chi connectivity index (χ1v) is 7.86. The fraction of sp³-hybridized carbons (Fsp3) is 0.200. The highest BCUT2D eigenvalue weighted by molar-refractivity contribution is 7.89. The first-order chi connectivity index (χ1) is 10.0. The molecule has 1 aromatic heterocycles. The summed E-state index contributed by atoms with van der Waals surface area (Å²) >= 11 is 0. The zero-order chi connectivity index (χ0) is 15.3.